The third-order valence-corrected chi connectivity index (χ3v) is 4.56. The van der Waals surface area contributed by atoms with Gasteiger partial charge >= 0.3 is 6.18 Å². The average Bonchev–Trinajstić information content (AvgIpc) is 3.26. The number of benzene rings is 2. The molecule has 7 heteroatoms. The molecule has 1 fully saturated rings. The van der Waals surface area contributed by atoms with E-state index in [0.717, 1.165) is 17.7 Å². The number of ether oxygens (including phenoxy) is 2. The molecule has 4 rings (SSSR count). The van der Waals surface area contributed by atoms with Gasteiger partial charge in [0.05, 0.1) is 11.0 Å². The van der Waals surface area contributed by atoms with Gasteiger partial charge in [0.25, 0.3) is 0 Å². The molecule has 0 aromatic heterocycles. The third-order valence-electron chi connectivity index (χ3n) is 4.56. The molecule has 0 bridgehead atoms. The van der Waals surface area contributed by atoms with Crippen molar-refractivity contribution in [3.05, 3.63) is 53.6 Å². The molecular formula is C18H14F3NO3. The molecule has 4 nitrogen and oxygen atoms in total. The minimum Gasteiger partial charge on any atom is -0.454 e. The third kappa shape index (κ3) is 2.79. The maximum absolute atomic E-state index is 12.8. The van der Waals surface area contributed by atoms with Gasteiger partial charge in [-0.2, -0.15) is 13.2 Å². The highest BCUT2D eigenvalue weighted by Crippen LogP contribution is 2.51. The highest BCUT2D eigenvalue weighted by molar-refractivity contribution is 6.01. The van der Waals surface area contributed by atoms with Gasteiger partial charge in [0, 0.05) is 5.69 Å². The Hall–Kier alpha value is -2.70. The van der Waals surface area contributed by atoms with Gasteiger partial charge < -0.3 is 14.8 Å². The topological polar surface area (TPSA) is 47.6 Å². The van der Waals surface area contributed by atoms with Gasteiger partial charge in [-0.05, 0) is 48.7 Å². The van der Waals surface area contributed by atoms with Crippen LogP contribution in [0.2, 0.25) is 0 Å². The summed E-state index contributed by atoms with van der Waals surface area (Å²) in [5.74, 6) is 0.888. The Morgan fingerprint density at radius 1 is 1.04 bits per heavy atom. The van der Waals surface area contributed by atoms with Crippen molar-refractivity contribution in [2.45, 2.75) is 24.4 Å². The number of amides is 1. The zero-order chi connectivity index (χ0) is 17.7. The van der Waals surface area contributed by atoms with Crippen LogP contribution >= 0.6 is 0 Å². The number of carbonyl (C=O) groups is 1. The first-order chi connectivity index (χ1) is 11.9. The quantitative estimate of drug-likeness (QED) is 0.907. The normalized spacial score (nSPS) is 17.2. The van der Waals surface area contributed by atoms with Crippen molar-refractivity contribution in [2.75, 3.05) is 12.1 Å². The Morgan fingerprint density at radius 3 is 2.52 bits per heavy atom. The van der Waals surface area contributed by atoms with Gasteiger partial charge in [0.1, 0.15) is 0 Å². The lowest BCUT2D eigenvalue weighted by Crippen LogP contribution is -2.27. The lowest BCUT2D eigenvalue weighted by atomic mass is 9.94. The highest BCUT2D eigenvalue weighted by Gasteiger charge is 2.51. The van der Waals surface area contributed by atoms with Crippen LogP contribution in [-0.4, -0.2) is 12.7 Å². The highest BCUT2D eigenvalue weighted by atomic mass is 19.4. The van der Waals surface area contributed by atoms with Crippen LogP contribution in [0.4, 0.5) is 18.9 Å². The Bertz CT molecular complexity index is 844. The summed E-state index contributed by atoms with van der Waals surface area (Å²) >= 11 is 0. The van der Waals surface area contributed by atoms with E-state index in [9.17, 15) is 18.0 Å². The summed E-state index contributed by atoms with van der Waals surface area (Å²) < 4.78 is 49.0. The van der Waals surface area contributed by atoms with Crippen molar-refractivity contribution in [3.8, 4) is 11.5 Å². The van der Waals surface area contributed by atoms with Gasteiger partial charge in [-0.25, -0.2) is 0 Å². The van der Waals surface area contributed by atoms with Gasteiger partial charge in [-0.15, -0.1) is 0 Å². The molecule has 2 aliphatic rings. The summed E-state index contributed by atoms with van der Waals surface area (Å²) in [5, 5.41) is 2.61. The SMILES string of the molecule is O=C(Nc1cccc(C(F)(F)F)c1)C1(c2ccc3c(c2)OCO3)CC1. The molecule has 0 saturated heterocycles. The number of anilines is 1. The Morgan fingerprint density at radius 2 is 1.80 bits per heavy atom. The lowest BCUT2D eigenvalue weighted by Gasteiger charge is -2.17. The summed E-state index contributed by atoms with van der Waals surface area (Å²) in [5.41, 5.74) is -0.610. The minimum atomic E-state index is -4.45. The fourth-order valence-corrected chi connectivity index (χ4v) is 2.99. The van der Waals surface area contributed by atoms with Crippen LogP contribution in [0.25, 0.3) is 0 Å². The van der Waals surface area contributed by atoms with E-state index >= 15 is 0 Å². The van der Waals surface area contributed by atoms with Gasteiger partial charge in [-0.3, -0.25) is 4.79 Å². The van der Waals surface area contributed by atoms with Crippen molar-refractivity contribution in [3.63, 3.8) is 0 Å². The molecular weight excluding hydrogens is 335 g/mol. The molecule has 0 unspecified atom stereocenters. The summed E-state index contributed by atoms with van der Waals surface area (Å²) in [6.45, 7) is 0.141. The fraction of sp³-hybridized carbons (Fsp3) is 0.278. The summed E-state index contributed by atoms with van der Waals surface area (Å²) in [7, 11) is 0. The zero-order valence-electron chi connectivity index (χ0n) is 13.0. The van der Waals surface area contributed by atoms with E-state index in [2.05, 4.69) is 5.32 Å². The molecule has 1 amide bonds. The van der Waals surface area contributed by atoms with Crippen molar-refractivity contribution in [2.24, 2.45) is 0 Å². The van der Waals surface area contributed by atoms with E-state index in [-0.39, 0.29) is 18.4 Å². The predicted molar refractivity (Wildman–Crippen MR) is 83.6 cm³/mol. The summed E-state index contributed by atoms with van der Waals surface area (Å²) in [6.07, 6.45) is -3.18. The van der Waals surface area contributed by atoms with Crippen molar-refractivity contribution in [1.29, 1.82) is 0 Å². The molecule has 25 heavy (non-hydrogen) atoms. The standard InChI is InChI=1S/C18H14F3NO3/c19-18(20,21)12-2-1-3-13(8-12)22-16(23)17(6-7-17)11-4-5-14-15(9-11)25-10-24-14/h1-5,8-9H,6-7,10H2,(H,22,23). The maximum atomic E-state index is 12.8. The number of hydrogen-bond acceptors (Lipinski definition) is 3. The van der Waals surface area contributed by atoms with Crippen LogP contribution in [-0.2, 0) is 16.4 Å². The molecule has 130 valence electrons. The fourth-order valence-electron chi connectivity index (χ4n) is 2.99. The van der Waals surface area contributed by atoms with E-state index < -0.39 is 17.2 Å². The number of rotatable bonds is 3. The minimum absolute atomic E-state index is 0.131. The largest absolute Gasteiger partial charge is 0.454 e. The first kappa shape index (κ1) is 15.8. The molecule has 1 saturated carbocycles. The van der Waals surface area contributed by atoms with Crippen LogP contribution in [0.15, 0.2) is 42.5 Å². The number of alkyl halides is 3. The van der Waals surface area contributed by atoms with Crippen LogP contribution in [0, 0.1) is 0 Å². The van der Waals surface area contributed by atoms with Crippen LogP contribution < -0.4 is 14.8 Å². The first-order valence-electron chi connectivity index (χ1n) is 7.77. The molecule has 1 aliphatic heterocycles. The molecule has 0 spiro atoms. The summed E-state index contributed by atoms with van der Waals surface area (Å²) in [4.78, 5) is 12.7. The molecule has 1 N–H and O–H groups in total. The second kappa shape index (κ2) is 5.40. The van der Waals surface area contributed by atoms with Crippen LogP contribution in [0.3, 0.4) is 0 Å². The Labute approximate surface area is 141 Å². The van der Waals surface area contributed by atoms with Crippen LogP contribution in [0.5, 0.6) is 11.5 Å². The summed E-state index contributed by atoms with van der Waals surface area (Å²) in [6, 6.07) is 9.94. The Kier molecular flexibility index (Phi) is 3.42. The zero-order valence-corrected chi connectivity index (χ0v) is 13.0. The van der Waals surface area contributed by atoms with Gasteiger partial charge in [0.2, 0.25) is 12.7 Å². The lowest BCUT2D eigenvalue weighted by molar-refractivity contribution is -0.137. The molecule has 0 atom stereocenters. The van der Waals surface area contributed by atoms with Crippen molar-refractivity contribution in [1.82, 2.24) is 0 Å². The second-order valence-electron chi connectivity index (χ2n) is 6.18. The van der Waals surface area contributed by atoms with Crippen LogP contribution in [0.1, 0.15) is 24.0 Å². The Balaban J connectivity index is 1.57. The molecule has 0 radical (unpaired) electrons. The maximum Gasteiger partial charge on any atom is 0.416 e. The smallest absolute Gasteiger partial charge is 0.416 e. The number of carbonyl (C=O) groups excluding carboxylic acids is 1. The van der Waals surface area contributed by atoms with E-state index in [1.807, 2.05) is 0 Å². The van der Waals surface area contributed by atoms with Gasteiger partial charge in [0.15, 0.2) is 11.5 Å². The van der Waals surface area contributed by atoms with E-state index in [1.165, 1.54) is 12.1 Å². The monoisotopic (exact) mass is 349 g/mol. The average molecular weight is 349 g/mol. The molecule has 1 aliphatic carbocycles. The molecule has 1 heterocycles. The van der Waals surface area contributed by atoms with Crippen molar-refractivity contribution < 1.29 is 27.4 Å². The predicted octanol–water partition coefficient (Wildman–Crippen LogP) is 4.10. The molecule has 2 aromatic rings. The van der Waals surface area contributed by atoms with Gasteiger partial charge in [-0.1, -0.05) is 12.1 Å². The first-order valence-corrected chi connectivity index (χ1v) is 7.77. The van der Waals surface area contributed by atoms with E-state index in [0.29, 0.717) is 24.3 Å². The number of hydrogen-bond donors (Lipinski definition) is 1. The number of halogens is 3. The molecule has 2 aromatic carbocycles. The van der Waals surface area contributed by atoms with E-state index in [4.69, 9.17) is 9.47 Å². The second-order valence-corrected chi connectivity index (χ2v) is 6.18. The van der Waals surface area contributed by atoms with Crippen molar-refractivity contribution >= 4 is 11.6 Å². The number of nitrogens with one attached hydrogen (secondary N) is 1. The number of fused-ring (bicyclic) bond motifs is 1. The van der Waals surface area contributed by atoms with E-state index in [1.54, 1.807) is 18.2 Å².